The summed E-state index contributed by atoms with van der Waals surface area (Å²) in [5.41, 5.74) is 2.34. The van der Waals surface area contributed by atoms with Crippen molar-refractivity contribution in [2.75, 3.05) is 5.32 Å². The monoisotopic (exact) mass is 334 g/mol. The SMILES string of the molecule is CCC(CC)c1nnc(NC(=O)c2[nH]c(C)c(C(C)=O)c2C)s1. The number of aryl methyl sites for hydroxylation is 1. The minimum Gasteiger partial charge on any atom is -0.354 e. The molecule has 2 N–H and O–H groups in total. The molecule has 0 spiro atoms. The van der Waals surface area contributed by atoms with Crippen LogP contribution in [0.15, 0.2) is 0 Å². The lowest BCUT2D eigenvalue weighted by molar-refractivity contribution is 0.101. The number of ketones is 1. The third-order valence-electron chi connectivity index (χ3n) is 4.01. The number of hydrogen-bond acceptors (Lipinski definition) is 5. The van der Waals surface area contributed by atoms with Gasteiger partial charge in [-0.15, -0.1) is 10.2 Å². The van der Waals surface area contributed by atoms with Gasteiger partial charge in [-0.1, -0.05) is 25.2 Å². The van der Waals surface area contributed by atoms with Gasteiger partial charge in [-0.25, -0.2) is 0 Å². The normalized spacial score (nSPS) is 11.0. The number of hydrogen-bond donors (Lipinski definition) is 2. The van der Waals surface area contributed by atoms with Crippen LogP contribution in [0.5, 0.6) is 0 Å². The Morgan fingerprint density at radius 2 is 1.87 bits per heavy atom. The van der Waals surface area contributed by atoms with Crippen LogP contribution in [0.2, 0.25) is 0 Å². The van der Waals surface area contributed by atoms with Crippen molar-refractivity contribution in [3.63, 3.8) is 0 Å². The standard InChI is InChI=1S/C16H22N4O2S/c1-6-11(7-2)15-19-20-16(23-15)18-14(22)13-8(3)12(10(5)21)9(4)17-13/h11,17H,6-7H2,1-5H3,(H,18,20,22). The molecule has 23 heavy (non-hydrogen) atoms. The number of rotatable bonds is 6. The second-order valence-electron chi connectivity index (χ2n) is 5.59. The van der Waals surface area contributed by atoms with Crippen LogP contribution in [-0.2, 0) is 0 Å². The molecule has 0 aliphatic heterocycles. The van der Waals surface area contributed by atoms with Gasteiger partial charge in [-0.05, 0) is 39.2 Å². The van der Waals surface area contributed by atoms with Crippen LogP contribution in [0, 0.1) is 13.8 Å². The predicted molar refractivity (Wildman–Crippen MR) is 91.5 cm³/mol. The fraction of sp³-hybridized carbons (Fsp3) is 0.500. The quantitative estimate of drug-likeness (QED) is 0.786. The molecule has 1 amide bonds. The maximum atomic E-state index is 12.4. The zero-order valence-electron chi connectivity index (χ0n) is 14.1. The second-order valence-corrected chi connectivity index (χ2v) is 6.60. The number of carbonyl (C=O) groups excluding carboxylic acids is 2. The number of amides is 1. The maximum Gasteiger partial charge on any atom is 0.274 e. The van der Waals surface area contributed by atoms with Gasteiger partial charge in [0.05, 0.1) is 0 Å². The summed E-state index contributed by atoms with van der Waals surface area (Å²) in [6, 6.07) is 0. The summed E-state index contributed by atoms with van der Waals surface area (Å²) in [4.78, 5) is 27.1. The lowest BCUT2D eigenvalue weighted by Gasteiger charge is -2.05. The Bertz CT molecular complexity index is 729. The fourth-order valence-electron chi connectivity index (χ4n) is 2.75. The third-order valence-corrected chi connectivity index (χ3v) is 5.01. The highest BCUT2D eigenvalue weighted by molar-refractivity contribution is 7.15. The molecule has 0 fully saturated rings. The van der Waals surface area contributed by atoms with Gasteiger partial charge in [-0.3, -0.25) is 14.9 Å². The topological polar surface area (TPSA) is 87.7 Å². The fourth-order valence-corrected chi connectivity index (χ4v) is 3.76. The molecule has 2 aromatic heterocycles. The zero-order valence-corrected chi connectivity index (χ0v) is 14.9. The molecule has 0 aliphatic rings. The van der Waals surface area contributed by atoms with Gasteiger partial charge in [0.2, 0.25) is 5.13 Å². The van der Waals surface area contributed by atoms with Crippen molar-refractivity contribution < 1.29 is 9.59 Å². The Balaban J connectivity index is 2.20. The summed E-state index contributed by atoms with van der Waals surface area (Å²) in [7, 11) is 0. The van der Waals surface area contributed by atoms with Crippen molar-refractivity contribution in [2.24, 2.45) is 0 Å². The van der Waals surface area contributed by atoms with Crippen LogP contribution in [0.3, 0.4) is 0 Å². The van der Waals surface area contributed by atoms with Crippen molar-refractivity contribution in [2.45, 2.75) is 53.4 Å². The Morgan fingerprint density at radius 3 is 2.39 bits per heavy atom. The highest BCUT2D eigenvalue weighted by atomic mass is 32.1. The van der Waals surface area contributed by atoms with Crippen LogP contribution in [0.1, 0.15) is 76.6 Å². The summed E-state index contributed by atoms with van der Waals surface area (Å²) < 4.78 is 0. The van der Waals surface area contributed by atoms with E-state index in [1.165, 1.54) is 18.3 Å². The lowest BCUT2D eigenvalue weighted by atomic mass is 10.1. The minimum atomic E-state index is -0.301. The Hall–Kier alpha value is -2.02. The first-order valence-corrected chi connectivity index (χ1v) is 8.55. The van der Waals surface area contributed by atoms with E-state index < -0.39 is 0 Å². The van der Waals surface area contributed by atoms with E-state index in [2.05, 4.69) is 34.3 Å². The predicted octanol–water partition coefficient (Wildman–Crippen LogP) is 3.84. The van der Waals surface area contributed by atoms with Crippen LogP contribution in [-0.4, -0.2) is 26.9 Å². The van der Waals surface area contributed by atoms with Gasteiger partial charge in [-0.2, -0.15) is 0 Å². The molecule has 2 rings (SSSR count). The van der Waals surface area contributed by atoms with Gasteiger partial charge >= 0.3 is 0 Å². The molecular formula is C16H22N4O2S. The van der Waals surface area contributed by atoms with Crippen LogP contribution in [0.4, 0.5) is 5.13 Å². The number of nitrogens with one attached hydrogen (secondary N) is 2. The average Bonchev–Trinajstić information content (AvgIpc) is 3.05. The molecule has 0 saturated heterocycles. The zero-order chi connectivity index (χ0) is 17.1. The maximum absolute atomic E-state index is 12.4. The van der Waals surface area contributed by atoms with E-state index in [0.717, 1.165) is 17.8 Å². The molecular weight excluding hydrogens is 312 g/mol. The molecule has 0 atom stereocenters. The van der Waals surface area contributed by atoms with Crippen molar-refractivity contribution in [3.05, 3.63) is 27.5 Å². The third kappa shape index (κ3) is 3.50. The largest absolute Gasteiger partial charge is 0.354 e. The minimum absolute atomic E-state index is 0.0535. The van der Waals surface area contributed by atoms with Crippen molar-refractivity contribution >= 4 is 28.2 Å². The summed E-state index contributed by atoms with van der Waals surface area (Å²) >= 11 is 1.40. The number of nitrogens with zero attached hydrogens (tertiary/aromatic N) is 2. The van der Waals surface area contributed by atoms with E-state index in [1.54, 1.807) is 13.8 Å². The van der Waals surface area contributed by atoms with Crippen LogP contribution < -0.4 is 5.32 Å². The second kappa shape index (κ2) is 7.04. The number of carbonyl (C=O) groups is 2. The molecule has 0 unspecified atom stereocenters. The van der Waals surface area contributed by atoms with E-state index >= 15 is 0 Å². The van der Waals surface area contributed by atoms with Crippen molar-refractivity contribution in [3.8, 4) is 0 Å². The Kier molecular flexibility index (Phi) is 5.30. The van der Waals surface area contributed by atoms with Gasteiger partial charge in [0, 0.05) is 17.2 Å². The molecule has 0 aliphatic carbocycles. The van der Waals surface area contributed by atoms with E-state index in [1.807, 2.05) is 0 Å². The Morgan fingerprint density at radius 1 is 1.22 bits per heavy atom. The molecule has 0 saturated carbocycles. The lowest BCUT2D eigenvalue weighted by Crippen LogP contribution is -2.13. The van der Waals surface area contributed by atoms with Gasteiger partial charge < -0.3 is 4.98 Å². The van der Waals surface area contributed by atoms with Crippen molar-refractivity contribution in [1.82, 2.24) is 15.2 Å². The number of Topliss-reactive ketones (excluding diaryl/α,β-unsaturated/α-hetero) is 1. The molecule has 2 heterocycles. The number of aromatic nitrogens is 3. The molecule has 0 radical (unpaired) electrons. The number of anilines is 1. The molecule has 2 aromatic rings. The first kappa shape index (κ1) is 17.3. The van der Waals surface area contributed by atoms with Gasteiger partial charge in [0.25, 0.3) is 5.91 Å². The number of aromatic amines is 1. The summed E-state index contributed by atoms with van der Waals surface area (Å²) in [6.07, 6.45) is 1.99. The van der Waals surface area contributed by atoms with Crippen molar-refractivity contribution in [1.29, 1.82) is 0 Å². The van der Waals surface area contributed by atoms with Crippen LogP contribution >= 0.6 is 11.3 Å². The van der Waals surface area contributed by atoms with Crippen LogP contribution in [0.25, 0.3) is 0 Å². The van der Waals surface area contributed by atoms with E-state index in [4.69, 9.17) is 0 Å². The smallest absolute Gasteiger partial charge is 0.274 e. The summed E-state index contributed by atoms with van der Waals surface area (Å²) in [5.74, 6) is 0.0181. The summed E-state index contributed by atoms with van der Waals surface area (Å²) in [6.45, 7) is 9.28. The van der Waals surface area contributed by atoms with E-state index in [9.17, 15) is 9.59 Å². The van der Waals surface area contributed by atoms with E-state index in [-0.39, 0.29) is 11.7 Å². The molecule has 7 heteroatoms. The first-order valence-electron chi connectivity index (χ1n) is 7.73. The van der Waals surface area contributed by atoms with Gasteiger partial charge in [0.1, 0.15) is 10.7 Å². The highest BCUT2D eigenvalue weighted by Crippen LogP contribution is 2.28. The molecule has 0 aromatic carbocycles. The highest BCUT2D eigenvalue weighted by Gasteiger charge is 2.21. The molecule has 124 valence electrons. The van der Waals surface area contributed by atoms with Gasteiger partial charge in [0.15, 0.2) is 5.78 Å². The first-order chi connectivity index (χ1) is 10.9. The number of H-pyrrole nitrogens is 1. The average molecular weight is 334 g/mol. The van der Waals surface area contributed by atoms with E-state index in [0.29, 0.717) is 33.6 Å². The Labute approximate surface area is 139 Å². The molecule has 0 bridgehead atoms. The summed E-state index contributed by atoms with van der Waals surface area (Å²) in [5, 5.41) is 12.4. The molecule has 6 nitrogen and oxygen atoms in total.